The molecule has 0 unspecified atom stereocenters. The predicted molar refractivity (Wildman–Crippen MR) is 38.2 cm³/mol. The van der Waals surface area contributed by atoms with E-state index in [1.807, 2.05) is 13.1 Å². The summed E-state index contributed by atoms with van der Waals surface area (Å²) in [5, 5.41) is 0. The van der Waals surface area contributed by atoms with Crippen LogP contribution in [0.25, 0.3) is 0 Å². The second kappa shape index (κ2) is 3.91. The molecule has 0 spiro atoms. The molecule has 0 aliphatic carbocycles. The monoisotopic (exact) mass is 248 g/mol. The van der Waals surface area contributed by atoms with Gasteiger partial charge in [-0.25, -0.2) is 0 Å². The molecular weight excluding hydrogens is 237 g/mol. The molecule has 1 heterocycles. The van der Waals surface area contributed by atoms with Gasteiger partial charge < -0.3 is 0 Å². The molecule has 56 valence electrons. The Morgan fingerprint density at radius 1 is 1.60 bits per heavy atom. The molecule has 0 radical (unpaired) electrons. The van der Waals surface area contributed by atoms with E-state index in [9.17, 15) is 0 Å². The molecule has 0 aliphatic heterocycles. The first-order valence-corrected chi connectivity index (χ1v) is 5.95. The van der Waals surface area contributed by atoms with Crippen LogP contribution in [0, 0.1) is 10.5 Å². The number of nitrogens with zero attached hydrogens (tertiary/aromatic N) is 1. The molecule has 0 N–H and O–H groups in total. The molecule has 0 saturated heterocycles. The molecule has 0 aromatic carbocycles. The number of pyridine rings is 1. The number of rotatable bonds is 2. The fourth-order valence-corrected chi connectivity index (χ4v) is 2.72. The van der Waals surface area contributed by atoms with Gasteiger partial charge in [-0.2, -0.15) is 0 Å². The van der Waals surface area contributed by atoms with Crippen LogP contribution >= 0.6 is 0 Å². The molecule has 0 atom stereocenters. The van der Waals surface area contributed by atoms with Crippen molar-refractivity contribution in [1.82, 2.24) is 4.98 Å². The van der Waals surface area contributed by atoms with Crippen LogP contribution in [0.5, 0.6) is 0 Å². The molecule has 0 amide bonds. The second-order valence-corrected chi connectivity index (χ2v) is 5.55. The van der Waals surface area contributed by atoms with Gasteiger partial charge in [-0.05, 0) is 0 Å². The third-order valence-electron chi connectivity index (χ3n) is 1.15. The quantitative estimate of drug-likeness (QED) is 0.467. The summed E-state index contributed by atoms with van der Waals surface area (Å²) in [5.74, 6) is 0. The van der Waals surface area contributed by atoms with Gasteiger partial charge in [-0.15, -0.1) is 0 Å². The summed E-state index contributed by atoms with van der Waals surface area (Å²) in [6.45, 7) is 4.28. The molecule has 0 fully saturated rings. The Balaban J connectivity index is 2.75. The number of alkyl halides is 1. The van der Waals surface area contributed by atoms with E-state index in [1.54, 1.807) is 0 Å². The Labute approximate surface area is 72.1 Å². The topological polar surface area (TPSA) is 12.9 Å². The molecule has 10 heavy (non-hydrogen) atoms. The molecule has 0 bridgehead atoms. The number of hydrogen-bond acceptors (Lipinski definition) is 1. The van der Waals surface area contributed by atoms with Crippen LogP contribution in [-0.2, 0) is 0 Å². The number of aromatic nitrogens is 1. The zero-order valence-corrected chi connectivity index (χ0v) is 8.42. The van der Waals surface area contributed by atoms with Gasteiger partial charge in [0.2, 0.25) is 0 Å². The Kier molecular flexibility index (Phi) is 3.12. The first kappa shape index (κ1) is 7.98. The number of hydrogen-bond donors (Lipinski definition) is 0. The summed E-state index contributed by atoms with van der Waals surface area (Å²) >= 11 is 0.273. The van der Waals surface area contributed by atoms with Gasteiger partial charge in [0.05, 0.1) is 0 Å². The number of halogens is 1. The third kappa shape index (κ3) is 2.25. The van der Waals surface area contributed by atoms with E-state index in [-0.39, 0.29) is 21.2 Å². The standard InChI is InChI=1S/C8H11IN/c1-3-9-8-4-5-10-7(2)6-8/h4-6H,3H2,1-2H3/q-1. The van der Waals surface area contributed by atoms with E-state index < -0.39 is 0 Å². The van der Waals surface area contributed by atoms with Crippen LogP contribution in [0.1, 0.15) is 12.6 Å². The van der Waals surface area contributed by atoms with Gasteiger partial charge in [-0.3, -0.25) is 0 Å². The van der Waals surface area contributed by atoms with Crippen LogP contribution in [0.2, 0.25) is 0 Å². The van der Waals surface area contributed by atoms with Gasteiger partial charge in [0.1, 0.15) is 0 Å². The Bertz CT molecular complexity index is 210. The van der Waals surface area contributed by atoms with E-state index in [0.29, 0.717) is 0 Å². The normalized spacial score (nSPS) is 10.2. The van der Waals surface area contributed by atoms with Crippen molar-refractivity contribution in [2.45, 2.75) is 13.8 Å². The Hall–Kier alpha value is -0.120. The molecular formula is C8H11IN-. The molecule has 2 heteroatoms. The van der Waals surface area contributed by atoms with Crippen molar-refractivity contribution in [3.8, 4) is 0 Å². The Morgan fingerprint density at radius 2 is 2.40 bits per heavy atom. The van der Waals surface area contributed by atoms with E-state index in [2.05, 4.69) is 24.0 Å². The summed E-state index contributed by atoms with van der Waals surface area (Å²) in [6.07, 6.45) is 1.90. The van der Waals surface area contributed by atoms with Gasteiger partial charge in [-0.1, -0.05) is 0 Å². The van der Waals surface area contributed by atoms with Crippen molar-refractivity contribution < 1.29 is 21.2 Å². The van der Waals surface area contributed by atoms with Crippen molar-refractivity contribution in [2.24, 2.45) is 0 Å². The van der Waals surface area contributed by atoms with Crippen LogP contribution in [0.3, 0.4) is 0 Å². The van der Waals surface area contributed by atoms with Crippen molar-refractivity contribution in [1.29, 1.82) is 0 Å². The van der Waals surface area contributed by atoms with E-state index >= 15 is 0 Å². The minimum absolute atomic E-state index is 0.273. The first-order valence-electron chi connectivity index (χ1n) is 3.34. The summed E-state index contributed by atoms with van der Waals surface area (Å²) < 4.78 is 2.83. The van der Waals surface area contributed by atoms with Crippen molar-refractivity contribution in [2.75, 3.05) is 4.43 Å². The molecule has 0 aliphatic rings. The van der Waals surface area contributed by atoms with Gasteiger partial charge in [0.15, 0.2) is 0 Å². The van der Waals surface area contributed by atoms with E-state index in [4.69, 9.17) is 0 Å². The fourth-order valence-electron chi connectivity index (χ4n) is 0.748. The summed E-state index contributed by atoms with van der Waals surface area (Å²) in [7, 11) is 0. The third-order valence-corrected chi connectivity index (χ3v) is 3.46. The number of aryl methyl sites for hydroxylation is 1. The summed E-state index contributed by atoms with van der Waals surface area (Å²) in [4.78, 5) is 4.14. The minimum atomic E-state index is 0.273. The van der Waals surface area contributed by atoms with Crippen molar-refractivity contribution in [3.05, 3.63) is 27.6 Å². The van der Waals surface area contributed by atoms with Crippen molar-refractivity contribution in [3.63, 3.8) is 0 Å². The van der Waals surface area contributed by atoms with Crippen LogP contribution in [-0.4, -0.2) is 9.41 Å². The molecule has 1 aromatic heterocycles. The van der Waals surface area contributed by atoms with Gasteiger partial charge >= 0.3 is 72.1 Å². The van der Waals surface area contributed by atoms with E-state index in [1.165, 1.54) is 8.00 Å². The maximum atomic E-state index is 4.14. The van der Waals surface area contributed by atoms with Gasteiger partial charge in [0, 0.05) is 0 Å². The molecule has 1 aromatic rings. The second-order valence-electron chi connectivity index (χ2n) is 2.02. The zero-order valence-electron chi connectivity index (χ0n) is 6.26. The predicted octanol–water partition coefficient (Wildman–Crippen LogP) is -1.33. The summed E-state index contributed by atoms with van der Waals surface area (Å²) in [6, 6.07) is 4.32. The molecule has 0 saturated carbocycles. The average molecular weight is 248 g/mol. The fraction of sp³-hybridized carbons (Fsp3) is 0.375. The SMILES string of the molecule is CC[I-]c1ccnc(C)c1. The zero-order chi connectivity index (χ0) is 7.40. The summed E-state index contributed by atoms with van der Waals surface area (Å²) in [5.41, 5.74) is 1.14. The van der Waals surface area contributed by atoms with Gasteiger partial charge in [0.25, 0.3) is 0 Å². The average Bonchev–Trinajstić information content (AvgIpc) is 1.88. The van der Waals surface area contributed by atoms with Crippen molar-refractivity contribution >= 4 is 0 Å². The first-order chi connectivity index (χ1) is 4.83. The molecule has 1 nitrogen and oxygen atoms in total. The van der Waals surface area contributed by atoms with Crippen LogP contribution in [0.15, 0.2) is 18.3 Å². The van der Waals surface area contributed by atoms with Crippen LogP contribution in [0.4, 0.5) is 0 Å². The Morgan fingerprint density at radius 3 is 3.00 bits per heavy atom. The van der Waals surface area contributed by atoms with E-state index in [0.717, 1.165) is 5.69 Å². The molecule has 1 rings (SSSR count). The van der Waals surface area contributed by atoms with Crippen LogP contribution < -0.4 is 21.2 Å². The maximum absolute atomic E-state index is 4.14.